The van der Waals surface area contributed by atoms with Crippen LogP contribution >= 0.6 is 0 Å². The fraction of sp³-hybridized carbons (Fsp3) is 0.308. The van der Waals surface area contributed by atoms with E-state index in [4.69, 9.17) is 4.74 Å². The van der Waals surface area contributed by atoms with Gasteiger partial charge in [0.1, 0.15) is 12.2 Å². The highest BCUT2D eigenvalue weighted by molar-refractivity contribution is 5.83. The molecule has 1 aromatic rings. The molecule has 2 aliphatic rings. The zero-order valence-corrected chi connectivity index (χ0v) is 9.25. The molecule has 0 unspecified atom stereocenters. The van der Waals surface area contributed by atoms with E-state index >= 15 is 0 Å². The van der Waals surface area contributed by atoms with Gasteiger partial charge in [0.2, 0.25) is 0 Å². The van der Waals surface area contributed by atoms with Crippen molar-refractivity contribution >= 4 is 5.97 Å². The molecular formula is C13H10F2O3. The molecule has 2 heterocycles. The lowest BCUT2D eigenvalue weighted by atomic mass is 10.0. The minimum atomic E-state index is -3.18. The number of ether oxygens (including phenoxy) is 2. The molecule has 0 spiro atoms. The molecular weight excluding hydrogens is 242 g/mol. The van der Waals surface area contributed by atoms with E-state index in [2.05, 4.69) is 4.74 Å². The van der Waals surface area contributed by atoms with Crippen LogP contribution in [0, 0.1) is 0 Å². The number of hydrogen-bond donors (Lipinski definition) is 0. The van der Waals surface area contributed by atoms with Gasteiger partial charge in [-0.1, -0.05) is 30.3 Å². The van der Waals surface area contributed by atoms with Crippen LogP contribution in [-0.2, 0) is 14.3 Å². The predicted octanol–water partition coefficient (Wildman–Crippen LogP) is 2.24. The van der Waals surface area contributed by atoms with Gasteiger partial charge in [-0.15, -0.1) is 0 Å². The molecule has 3 atom stereocenters. The average Bonchev–Trinajstić information content (AvgIpc) is 3.13. The van der Waals surface area contributed by atoms with Crippen molar-refractivity contribution in [1.29, 1.82) is 0 Å². The molecule has 0 aliphatic carbocycles. The minimum absolute atomic E-state index is 0.429. The summed E-state index contributed by atoms with van der Waals surface area (Å²) in [6, 6.07) is 9.03. The number of carbonyl (C=O) groups excluding carboxylic acids is 1. The Morgan fingerprint density at radius 2 is 1.89 bits per heavy atom. The smallest absolute Gasteiger partial charge is 0.331 e. The largest absolute Gasteiger partial charge is 0.449 e. The van der Waals surface area contributed by atoms with Gasteiger partial charge in [0.05, 0.1) is 0 Å². The molecule has 94 valence electrons. The molecule has 2 aliphatic heterocycles. The van der Waals surface area contributed by atoms with E-state index in [0.717, 1.165) is 11.6 Å². The zero-order chi connectivity index (χ0) is 12.8. The van der Waals surface area contributed by atoms with Crippen LogP contribution in [0.4, 0.5) is 8.78 Å². The quantitative estimate of drug-likeness (QED) is 0.598. The summed E-state index contributed by atoms with van der Waals surface area (Å²) in [6.45, 7) is 0. The van der Waals surface area contributed by atoms with Crippen LogP contribution < -0.4 is 0 Å². The highest BCUT2D eigenvalue weighted by Crippen LogP contribution is 2.46. The first kappa shape index (κ1) is 11.3. The third kappa shape index (κ3) is 1.90. The second-order valence-electron chi connectivity index (χ2n) is 4.30. The van der Waals surface area contributed by atoms with Gasteiger partial charge >= 0.3 is 11.9 Å². The van der Waals surface area contributed by atoms with Gasteiger partial charge in [-0.05, 0) is 11.6 Å². The Kier molecular flexibility index (Phi) is 2.45. The van der Waals surface area contributed by atoms with Crippen molar-refractivity contribution in [2.75, 3.05) is 0 Å². The van der Waals surface area contributed by atoms with E-state index in [1.165, 1.54) is 0 Å². The first-order valence-electron chi connectivity index (χ1n) is 5.56. The first-order valence-corrected chi connectivity index (χ1v) is 5.56. The molecule has 0 saturated carbocycles. The number of rotatable bonds is 2. The van der Waals surface area contributed by atoms with Gasteiger partial charge in [-0.2, -0.15) is 8.78 Å². The summed E-state index contributed by atoms with van der Waals surface area (Å²) < 4.78 is 37.1. The zero-order valence-electron chi connectivity index (χ0n) is 9.25. The minimum Gasteiger partial charge on any atom is -0.449 e. The topological polar surface area (TPSA) is 38.8 Å². The maximum absolute atomic E-state index is 13.6. The van der Waals surface area contributed by atoms with Gasteiger partial charge in [0, 0.05) is 6.08 Å². The van der Waals surface area contributed by atoms with Crippen LogP contribution in [0.2, 0.25) is 0 Å². The molecule has 1 saturated heterocycles. The summed E-state index contributed by atoms with van der Waals surface area (Å²) in [6.07, 6.45) is -1.43. The lowest BCUT2D eigenvalue weighted by Crippen LogP contribution is -2.43. The molecule has 3 rings (SSSR count). The lowest BCUT2D eigenvalue weighted by molar-refractivity contribution is -0.166. The first-order chi connectivity index (χ1) is 8.58. The maximum Gasteiger partial charge on any atom is 0.331 e. The molecule has 5 heteroatoms. The summed E-state index contributed by atoms with van der Waals surface area (Å²) in [5.74, 6) is -3.93. The van der Waals surface area contributed by atoms with Crippen molar-refractivity contribution in [3.05, 3.63) is 48.0 Å². The second kappa shape index (κ2) is 3.88. The Morgan fingerprint density at radius 3 is 2.61 bits per heavy atom. The van der Waals surface area contributed by atoms with Crippen molar-refractivity contribution in [3.63, 3.8) is 0 Å². The Hall–Kier alpha value is -1.75. The lowest BCUT2D eigenvalue weighted by Gasteiger charge is -2.25. The number of cyclic esters (lactones) is 1. The molecule has 0 bridgehead atoms. The Bertz CT molecular complexity index is 498. The molecule has 0 aromatic heterocycles. The summed E-state index contributed by atoms with van der Waals surface area (Å²) >= 11 is 0. The summed E-state index contributed by atoms with van der Waals surface area (Å²) in [4.78, 5) is 11.0. The van der Waals surface area contributed by atoms with Crippen LogP contribution in [0.1, 0.15) is 11.7 Å². The Labute approximate surface area is 102 Å². The fourth-order valence-corrected chi connectivity index (χ4v) is 2.07. The number of alkyl halides is 2. The van der Waals surface area contributed by atoms with Crippen LogP contribution in [-0.4, -0.2) is 24.1 Å². The molecule has 0 amide bonds. The molecule has 0 radical (unpaired) electrons. The summed E-state index contributed by atoms with van der Waals surface area (Å²) in [5.41, 5.74) is 0.809. The SMILES string of the molecule is O=C1C=CC(F)(F)[C@H]([C@H]2O[C@@H]2c2ccccc2)O1. The van der Waals surface area contributed by atoms with Gasteiger partial charge in [-0.25, -0.2) is 4.79 Å². The van der Waals surface area contributed by atoms with Crippen molar-refractivity contribution < 1.29 is 23.0 Å². The number of benzene rings is 1. The number of halogens is 2. The van der Waals surface area contributed by atoms with E-state index in [9.17, 15) is 13.6 Å². The van der Waals surface area contributed by atoms with Crippen LogP contribution in [0.25, 0.3) is 0 Å². The predicted molar refractivity (Wildman–Crippen MR) is 58.0 cm³/mol. The van der Waals surface area contributed by atoms with Crippen molar-refractivity contribution in [2.45, 2.75) is 24.2 Å². The summed E-state index contributed by atoms with van der Waals surface area (Å²) in [7, 11) is 0. The second-order valence-corrected chi connectivity index (χ2v) is 4.30. The summed E-state index contributed by atoms with van der Waals surface area (Å²) in [5, 5.41) is 0. The molecule has 18 heavy (non-hydrogen) atoms. The van der Waals surface area contributed by atoms with E-state index in [1.807, 2.05) is 6.07 Å². The van der Waals surface area contributed by atoms with Crippen molar-refractivity contribution in [3.8, 4) is 0 Å². The number of epoxide rings is 1. The van der Waals surface area contributed by atoms with E-state index < -0.39 is 30.2 Å². The maximum atomic E-state index is 13.6. The van der Waals surface area contributed by atoms with Crippen LogP contribution in [0.5, 0.6) is 0 Å². The number of hydrogen-bond acceptors (Lipinski definition) is 3. The molecule has 1 aromatic carbocycles. The average molecular weight is 252 g/mol. The fourth-order valence-electron chi connectivity index (χ4n) is 2.07. The third-order valence-electron chi connectivity index (χ3n) is 3.02. The molecule has 0 N–H and O–H groups in total. The van der Waals surface area contributed by atoms with Gasteiger partial charge in [-0.3, -0.25) is 0 Å². The van der Waals surface area contributed by atoms with E-state index in [-0.39, 0.29) is 0 Å². The van der Waals surface area contributed by atoms with Crippen molar-refractivity contribution in [2.24, 2.45) is 0 Å². The Morgan fingerprint density at radius 1 is 1.17 bits per heavy atom. The van der Waals surface area contributed by atoms with Gasteiger partial charge in [0.25, 0.3) is 0 Å². The normalized spacial score (nSPS) is 33.0. The molecule has 3 nitrogen and oxygen atoms in total. The van der Waals surface area contributed by atoms with E-state index in [0.29, 0.717) is 6.08 Å². The van der Waals surface area contributed by atoms with Gasteiger partial charge in [0.15, 0.2) is 6.10 Å². The van der Waals surface area contributed by atoms with Gasteiger partial charge < -0.3 is 9.47 Å². The number of carbonyl (C=O) groups is 1. The monoisotopic (exact) mass is 252 g/mol. The molecule has 1 fully saturated rings. The van der Waals surface area contributed by atoms with Crippen LogP contribution in [0.3, 0.4) is 0 Å². The standard InChI is InChI=1S/C13H10F2O3/c14-13(15)7-6-9(16)17-12(13)11-10(18-11)8-4-2-1-3-5-8/h1-7,10-12H/t10-,11+,12+/m1/s1. The highest BCUT2D eigenvalue weighted by Gasteiger charge is 2.58. The highest BCUT2D eigenvalue weighted by atomic mass is 19.3. The Balaban J connectivity index is 1.78. The third-order valence-corrected chi connectivity index (χ3v) is 3.02. The van der Waals surface area contributed by atoms with E-state index in [1.54, 1.807) is 24.3 Å². The van der Waals surface area contributed by atoms with Crippen LogP contribution in [0.15, 0.2) is 42.5 Å². The number of esters is 1. The van der Waals surface area contributed by atoms with Crippen molar-refractivity contribution in [1.82, 2.24) is 0 Å².